The number of amidine groups is 1. The first-order chi connectivity index (χ1) is 9.67. The van der Waals surface area contributed by atoms with Crippen LogP contribution in [0.2, 0.25) is 0 Å². The number of piperazine rings is 1. The zero-order valence-electron chi connectivity index (χ0n) is 12.3. The summed E-state index contributed by atoms with van der Waals surface area (Å²) >= 11 is 1.54. The number of aryl methyl sites for hydroxylation is 1. The summed E-state index contributed by atoms with van der Waals surface area (Å²) in [6.45, 7) is 8.09. The molecule has 106 valence electrons. The predicted octanol–water partition coefficient (Wildman–Crippen LogP) is 2.63. The summed E-state index contributed by atoms with van der Waals surface area (Å²) < 4.78 is 0. The largest absolute Gasteiger partial charge is 0.368 e. The molecule has 1 heterocycles. The second kappa shape index (κ2) is 6.67. The van der Waals surface area contributed by atoms with Crippen molar-refractivity contribution < 1.29 is 0 Å². The monoisotopic (exact) mass is 288 g/mol. The van der Waals surface area contributed by atoms with Crippen LogP contribution in [0.5, 0.6) is 0 Å². The Bertz CT molecular complexity index is 539. The van der Waals surface area contributed by atoms with E-state index in [1.54, 1.807) is 0 Å². The highest BCUT2D eigenvalue weighted by Crippen LogP contribution is 2.24. The lowest BCUT2D eigenvalue weighted by atomic mass is 10.1. The highest BCUT2D eigenvalue weighted by atomic mass is 32.2. The van der Waals surface area contributed by atoms with Crippen molar-refractivity contribution >= 4 is 22.6 Å². The fraction of sp³-hybridized carbons (Fsp3) is 0.467. The summed E-state index contributed by atoms with van der Waals surface area (Å²) in [6.07, 6.45) is 3.85. The molecule has 0 N–H and O–H groups in total. The summed E-state index contributed by atoms with van der Waals surface area (Å²) in [6, 6.07) is 6.46. The van der Waals surface area contributed by atoms with Crippen LogP contribution in [0.15, 0.2) is 23.2 Å². The molecule has 1 saturated heterocycles. The SMILES string of the molecule is CSC(=NC#N)N1CCN(c2cccc(C)c2C)CC1. The Morgan fingerprint density at radius 1 is 1.25 bits per heavy atom. The topological polar surface area (TPSA) is 42.6 Å². The molecule has 0 spiro atoms. The zero-order chi connectivity index (χ0) is 14.5. The molecule has 1 aliphatic heterocycles. The van der Waals surface area contributed by atoms with Crippen molar-refractivity contribution in [3.8, 4) is 6.19 Å². The molecule has 5 heteroatoms. The van der Waals surface area contributed by atoms with E-state index in [0.717, 1.165) is 31.3 Å². The van der Waals surface area contributed by atoms with Gasteiger partial charge in [0.1, 0.15) is 0 Å². The van der Waals surface area contributed by atoms with Gasteiger partial charge in [-0.1, -0.05) is 23.9 Å². The molecular weight excluding hydrogens is 268 g/mol. The molecule has 0 bridgehead atoms. The van der Waals surface area contributed by atoms with Gasteiger partial charge in [0, 0.05) is 31.9 Å². The smallest absolute Gasteiger partial charge is 0.208 e. The molecular formula is C15H20N4S. The highest BCUT2D eigenvalue weighted by molar-refractivity contribution is 8.13. The van der Waals surface area contributed by atoms with E-state index in [9.17, 15) is 0 Å². The van der Waals surface area contributed by atoms with Crippen LogP contribution in [0.4, 0.5) is 5.69 Å². The van der Waals surface area contributed by atoms with E-state index < -0.39 is 0 Å². The average molecular weight is 288 g/mol. The van der Waals surface area contributed by atoms with Gasteiger partial charge in [0.15, 0.2) is 5.17 Å². The van der Waals surface area contributed by atoms with E-state index in [1.165, 1.54) is 28.6 Å². The molecule has 0 unspecified atom stereocenters. The molecule has 0 radical (unpaired) electrons. The van der Waals surface area contributed by atoms with E-state index in [4.69, 9.17) is 5.26 Å². The third-order valence-electron chi connectivity index (χ3n) is 3.80. The maximum absolute atomic E-state index is 8.71. The van der Waals surface area contributed by atoms with E-state index >= 15 is 0 Å². The summed E-state index contributed by atoms with van der Waals surface area (Å²) in [5.41, 5.74) is 4.02. The number of rotatable bonds is 1. The van der Waals surface area contributed by atoms with Crippen LogP contribution in [0.3, 0.4) is 0 Å². The van der Waals surface area contributed by atoms with Gasteiger partial charge in [-0.15, -0.1) is 4.99 Å². The average Bonchev–Trinajstić information content (AvgIpc) is 2.48. The number of thioether (sulfide) groups is 1. The van der Waals surface area contributed by atoms with E-state index in [1.807, 2.05) is 12.4 Å². The normalized spacial score (nSPS) is 16.2. The molecule has 0 amide bonds. The lowest BCUT2D eigenvalue weighted by molar-refractivity contribution is 0.392. The Morgan fingerprint density at radius 3 is 2.55 bits per heavy atom. The minimum absolute atomic E-state index is 0.827. The molecule has 0 saturated carbocycles. The molecule has 0 aliphatic carbocycles. The molecule has 1 fully saturated rings. The highest BCUT2D eigenvalue weighted by Gasteiger charge is 2.20. The molecule has 20 heavy (non-hydrogen) atoms. The van der Waals surface area contributed by atoms with Crippen LogP contribution in [-0.2, 0) is 0 Å². The maximum atomic E-state index is 8.71. The Kier molecular flexibility index (Phi) is 4.91. The first kappa shape index (κ1) is 14.7. The van der Waals surface area contributed by atoms with Gasteiger partial charge < -0.3 is 9.80 Å². The Morgan fingerprint density at radius 2 is 1.95 bits per heavy atom. The molecule has 1 aliphatic rings. The standard InChI is InChI=1S/C15H20N4S/c1-12-5-4-6-14(13(12)2)18-7-9-19(10-8-18)15(20-3)17-11-16/h4-6H,7-10H2,1-3H3. The van der Waals surface area contributed by atoms with Crippen LogP contribution in [0, 0.1) is 25.3 Å². The van der Waals surface area contributed by atoms with Crippen LogP contribution in [0.25, 0.3) is 0 Å². The van der Waals surface area contributed by atoms with Gasteiger partial charge in [0.25, 0.3) is 0 Å². The van der Waals surface area contributed by atoms with Crippen LogP contribution < -0.4 is 4.90 Å². The van der Waals surface area contributed by atoms with Crippen LogP contribution in [0.1, 0.15) is 11.1 Å². The van der Waals surface area contributed by atoms with E-state index in [2.05, 4.69) is 46.8 Å². The van der Waals surface area contributed by atoms with Gasteiger partial charge in [-0.05, 0) is 37.3 Å². The molecule has 2 rings (SSSR count). The minimum Gasteiger partial charge on any atom is -0.368 e. The minimum atomic E-state index is 0.827. The second-order valence-electron chi connectivity index (χ2n) is 4.89. The van der Waals surface area contributed by atoms with Gasteiger partial charge in [0.05, 0.1) is 0 Å². The number of anilines is 1. The summed E-state index contributed by atoms with van der Waals surface area (Å²) in [7, 11) is 0. The Balaban J connectivity index is 2.07. The maximum Gasteiger partial charge on any atom is 0.208 e. The molecule has 1 aromatic rings. The Labute approximate surface area is 125 Å². The quantitative estimate of drug-likeness (QED) is 0.452. The zero-order valence-corrected chi connectivity index (χ0v) is 13.1. The summed E-state index contributed by atoms with van der Waals surface area (Å²) in [5.74, 6) is 0. The second-order valence-corrected chi connectivity index (χ2v) is 5.67. The van der Waals surface area contributed by atoms with Gasteiger partial charge in [-0.25, -0.2) is 0 Å². The van der Waals surface area contributed by atoms with Crippen molar-refractivity contribution in [1.82, 2.24) is 4.90 Å². The Hall–Kier alpha value is -1.67. The molecule has 1 aromatic carbocycles. The van der Waals surface area contributed by atoms with E-state index in [-0.39, 0.29) is 0 Å². The van der Waals surface area contributed by atoms with Crippen LogP contribution in [-0.4, -0.2) is 42.5 Å². The van der Waals surface area contributed by atoms with Crippen molar-refractivity contribution in [1.29, 1.82) is 5.26 Å². The molecule has 0 atom stereocenters. The number of nitriles is 1. The van der Waals surface area contributed by atoms with Gasteiger partial charge >= 0.3 is 0 Å². The van der Waals surface area contributed by atoms with Crippen molar-refractivity contribution in [2.75, 3.05) is 37.3 Å². The van der Waals surface area contributed by atoms with Crippen LogP contribution >= 0.6 is 11.8 Å². The lowest BCUT2D eigenvalue weighted by Crippen LogP contribution is -2.48. The summed E-state index contributed by atoms with van der Waals surface area (Å²) in [5, 5.41) is 9.53. The van der Waals surface area contributed by atoms with Gasteiger partial charge in [-0.3, -0.25) is 0 Å². The fourth-order valence-corrected chi connectivity index (χ4v) is 3.08. The lowest BCUT2D eigenvalue weighted by Gasteiger charge is -2.37. The number of benzene rings is 1. The first-order valence-electron chi connectivity index (χ1n) is 6.74. The van der Waals surface area contributed by atoms with E-state index in [0.29, 0.717) is 0 Å². The number of nitrogens with zero attached hydrogens (tertiary/aromatic N) is 4. The van der Waals surface area contributed by atoms with Crippen molar-refractivity contribution in [3.05, 3.63) is 29.3 Å². The predicted molar refractivity (Wildman–Crippen MR) is 86.3 cm³/mol. The fourth-order valence-electron chi connectivity index (χ4n) is 2.51. The number of aliphatic imine (C=N–C) groups is 1. The van der Waals surface area contributed by atoms with Crippen molar-refractivity contribution in [2.24, 2.45) is 4.99 Å². The van der Waals surface area contributed by atoms with Gasteiger partial charge in [0.2, 0.25) is 6.19 Å². The van der Waals surface area contributed by atoms with Gasteiger partial charge in [-0.2, -0.15) is 5.26 Å². The number of hydrogen-bond donors (Lipinski definition) is 0. The summed E-state index contributed by atoms with van der Waals surface area (Å²) in [4.78, 5) is 8.50. The first-order valence-corrected chi connectivity index (χ1v) is 7.96. The third-order valence-corrected chi connectivity index (χ3v) is 4.51. The number of hydrogen-bond acceptors (Lipinski definition) is 4. The molecule has 0 aromatic heterocycles. The van der Waals surface area contributed by atoms with Crippen molar-refractivity contribution in [2.45, 2.75) is 13.8 Å². The molecule has 4 nitrogen and oxygen atoms in total. The third kappa shape index (κ3) is 3.07. The van der Waals surface area contributed by atoms with Crippen molar-refractivity contribution in [3.63, 3.8) is 0 Å².